The van der Waals surface area contributed by atoms with E-state index in [4.69, 9.17) is 4.74 Å². The first-order valence-electron chi connectivity index (χ1n) is 4.91. The van der Waals surface area contributed by atoms with Gasteiger partial charge in [0.15, 0.2) is 0 Å². The predicted molar refractivity (Wildman–Crippen MR) is 54.5 cm³/mol. The minimum atomic E-state index is 0.0681. The lowest BCUT2D eigenvalue weighted by Crippen LogP contribution is -2.55. The molecule has 1 unspecified atom stereocenters. The molecular formula is C11H19NO. The van der Waals surface area contributed by atoms with Crippen LogP contribution in [0, 0.1) is 11.8 Å². The Morgan fingerprint density at radius 3 is 2.54 bits per heavy atom. The molecule has 0 spiro atoms. The van der Waals surface area contributed by atoms with Crippen molar-refractivity contribution in [2.24, 2.45) is 0 Å². The summed E-state index contributed by atoms with van der Waals surface area (Å²) in [5, 5.41) is 3.30. The molecule has 13 heavy (non-hydrogen) atoms. The molecule has 0 aromatic carbocycles. The summed E-state index contributed by atoms with van der Waals surface area (Å²) >= 11 is 0. The summed E-state index contributed by atoms with van der Waals surface area (Å²) in [5.74, 6) is 6.05. The molecule has 1 rings (SSSR count). The van der Waals surface area contributed by atoms with Crippen LogP contribution in [-0.4, -0.2) is 25.8 Å². The van der Waals surface area contributed by atoms with E-state index < -0.39 is 0 Å². The molecule has 74 valence electrons. The Labute approximate surface area is 81.0 Å². The minimum absolute atomic E-state index is 0.0681. The molecule has 1 atom stereocenters. The summed E-state index contributed by atoms with van der Waals surface area (Å²) in [4.78, 5) is 0. The highest BCUT2D eigenvalue weighted by atomic mass is 16.5. The summed E-state index contributed by atoms with van der Waals surface area (Å²) in [6.45, 7) is 1.88. The average molecular weight is 181 g/mol. The number of hydrogen-bond donors (Lipinski definition) is 1. The zero-order valence-electron chi connectivity index (χ0n) is 8.81. The Morgan fingerprint density at radius 1 is 1.54 bits per heavy atom. The lowest BCUT2D eigenvalue weighted by atomic mass is 9.73. The fourth-order valence-electron chi connectivity index (χ4n) is 1.98. The maximum Gasteiger partial charge on any atom is 0.0840 e. The highest BCUT2D eigenvalue weighted by Crippen LogP contribution is 2.38. The summed E-state index contributed by atoms with van der Waals surface area (Å²) in [7, 11) is 3.80. The topological polar surface area (TPSA) is 21.3 Å². The van der Waals surface area contributed by atoms with Crippen LogP contribution in [0.3, 0.4) is 0 Å². The van der Waals surface area contributed by atoms with Gasteiger partial charge in [0.25, 0.3) is 0 Å². The third-order valence-electron chi connectivity index (χ3n) is 3.07. The zero-order chi connectivity index (χ0) is 9.73. The SMILES string of the molecule is CC#CCC(NC)C1(OC)CCC1. The first-order valence-corrected chi connectivity index (χ1v) is 4.91. The van der Waals surface area contributed by atoms with E-state index in [1.807, 2.05) is 21.1 Å². The van der Waals surface area contributed by atoms with E-state index in [1.165, 1.54) is 19.3 Å². The van der Waals surface area contributed by atoms with Gasteiger partial charge in [0.05, 0.1) is 5.60 Å². The van der Waals surface area contributed by atoms with E-state index in [2.05, 4.69) is 17.2 Å². The van der Waals surface area contributed by atoms with Crippen molar-refractivity contribution in [1.29, 1.82) is 0 Å². The fourth-order valence-corrected chi connectivity index (χ4v) is 1.98. The minimum Gasteiger partial charge on any atom is -0.377 e. The highest BCUT2D eigenvalue weighted by Gasteiger charge is 2.43. The van der Waals surface area contributed by atoms with E-state index >= 15 is 0 Å². The van der Waals surface area contributed by atoms with Gasteiger partial charge in [0.1, 0.15) is 0 Å². The second-order valence-electron chi connectivity index (χ2n) is 3.59. The molecule has 2 heteroatoms. The van der Waals surface area contributed by atoms with Gasteiger partial charge in [-0.25, -0.2) is 0 Å². The molecule has 0 aromatic rings. The first-order chi connectivity index (χ1) is 6.29. The third-order valence-corrected chi connectivity index (χ3v) is 3.07. The quantitative estimate of drug-likeness (QED) is 0.664. The molecule has 1 fully saturated rings. The molecule has 1 saturated carbocycles. The van der Waals surface area contributed by atoms with Gasteiger partial charge in [-0.2, -0.15) is 0 Å². The van der Waals surface area contributed by atoms with Crippen molar-refractivity contribution < 1.29 is 4.74 Å². The normalized spacial score (nSPS) is 21.2. The second-order valence-corrected chi connectivity index (χ2v) is 3.59. The number of ether oxygens (including phenoxy) is 1. The van der Waals surface area contributed by atoms with E-state index in [1.54, 1.807) is 0 Å². The van der Waals surface area contributed by atoms with Gasteiger partial charge in [-0.1, -0.05) is 0 Å². The van der Waals surface area contributed by atoms with Crippen molar-refractivity contribution in [2.75, 3.05) is 14.2 Å². The molecule has 1 aliphatic carbocycles. The van der Waals surface area contributed by atoms with Crippen molar-refractivity contribution in [3.63, 3.8) is 0 Å². The Morgan fingerprint density at radius 2 is 2.23 bits per heavy atom. The summed E-state index contributed by atoms with van der Waals surface area (Å²) in [6, 6.07) is 0.388. The summed E-state index contributed by atoms with van der Waals surface area (Å²) in [5.41, 5.74) is 0.0681. The van der Waals surface area contributed by atoms with Crippen LogP contribution in [0.4, 0.5) is 0 Å². The van der Waals surface area contributed by atoms with Crippen molar-refractivity contribution in [3.8, 4) is 11.8 Å². The Balaban J connectivity index is 2.56. The maximum absolute atomic E-state index is 5.59. The van der Waals surface area contributed by atoms with Crippen molar-refractivity contribution in [3.05, 3.63) is 0 Å². The van der Waals surface area contributed by atoms with Gasteiger partial charge >= 0.3 is 0 Å². The molecule has 1 N–H and O–H groups in total. The van der Waals surface area contributed by atoms with E-state index in [9.17, 15) is 0 Å². The van der Waals surface area contributed by atoms with Crippen LogP contribution >= 0.6 is 0 Å². The van der Waals surface area contributed by atoms with Crippen LogP contribution in [0.1, 0.15) is 32.6 Å². The lowest BCUT2D eigenvalue weighted by molar-refractivity contribution is -0.0956. The molecule has 0 saturated heterocycles. The molecular weight excluding hydrogens is 162 g/mol. The Bertz CT molecular complexity index is 204. The first kappa shape index (κ1) is 10.6. The van der Waals surface area contributed by atoms with Crippen molar-refractivity contribution in [2.45, 2.75) is 44.2 Å². The number of rotatable bonds is 4. The molecule has 2 nitrogen and oxygen atoms in total. The Hall–Kier alpha value is -0.520. The molecule has 0 amide bonds. The maximum atomic E-state index is 5.59. The van der Waals surface area contributed by atoms with Gasteiger partial charge in [0.2, 0.25) is 0 Å². The smallest absolute Gasteiger partial charge is 0.0840 e. The van der Waals surface area contributed by atoms with Crippen LogP contribution in [0.25, 0.3) is 0 Å². The summed E-state index contributed by atoms with van der Waals surface area (Å²) in [6.07, 6.45) is 4.51. The van der Waals surface area contributed by atoms with Crippen molar-refractivity contribution >= 4 is 0 Å². The molecule has 0 bridgehead atoms. The molecule has 1 aliphatic rings. The number of methoxy groups -OCH3 is 1. The van der Waals surface area contributed by atoms with Crippen LogP contribution in [0.2, 0.25) is 0 Å². The number of nitrogens with one attached hydrogen (secondary N) is 1. The molecule has 0 radical (unpaired) electrons. The average Bonchev–Trinajstić information content (AvgIpc) is 2.09. The highest BCUT2D eigenvalue weighted by molar-refractivity contribution is 5.07. The van der Waals surface area contributed by atoms with Crippen LogP contribution < -0.4 is 5.32 Å². The largest absolute Gasteiger partial charge is 0.377 e. The van der Waals surface area contributed by atoms with E-state index in [0.717, 1.165) is 6.42 Å². The molecule has 0 heterocycles. The summed E-state index contributed by atoms with van der Waals surface area (Å²) < 4.78 is 5.59. The lowest BCUT2D eigenvalue weighted by Gasteiger charge is -2.46. The number of likely N-dealkylation sites (N-methyl/N-ethyl adjacent to an activating group) is 1. The predicted octanol–water partition coefficient (Wildman–Crippen LogP) is 1.56. The molecule has 0 aliphatic heterocycles. The van der Waals surface area contributed by atoms with Crippen LogP contribution in [0.15, 0.2) is 0 Å². The van der Waals surface area contributed by atoms with Crippen molar-refractivity contribution in [1.82, 2.24) is 5.32 Å². The van der Waals surface area contributed by atoms with E-state index in [0.29, 0.717) is 6.04 Å². The number of hydrogen-bond acceptors (Lipinski definition) is 2. The third kappa shape index (κ3) is 2.04. The standard InChI is InChI=1S/C11H19NO/c1-4-5-7-10(12-2)11(13-3)8-6-9-11/h10,12H,6-9H2,1-3H3. The van der Waals surface area contributed by atoms with Gasteiger partial charge < -0.3 is 10.1 Å². The van der Waals surface area contributed by atoms with Gasteiger partial charge in [0, 0.05) is 19.6 Å². The monoisotopic (exact) mass is 181 g/mol. The van der Waals surface area contributed by atoms with E-state index in [-0.39, 0.29) is 5.60 Å². The van der Waals surface area contributed by atoms with Crippen LogP contribution in [-0.2, 0) is 4.74 Å². The zero-order valence-corrected chi connectivity index (χ0v) is 8.81. The molecule has 0 aromatic heterocycles. The van der Waals surface area contributed by atoms with Gasteiger partial charge in [-0.05, 0) is 33.2 Å². The Kier molecular flexibility index (Phi) is 3.77. The second kappa shape index (κ2) is 4.64. The fraction of sp³-hybridized carbons (Fsp3) is 0.818. The van der Waals surface area contributed by atoms with Gasteiger partial charge in [-0.15, -0.1) is 11.8 Å². The van der Waals surface area contributed by atoms with Gasteiger partial charge in [-0.3, -0.25) is 0 Å². The van der Waals surface area contributed by atoms with Crippen LogP contribution in [0.5, 0.6) is 0 Å².